The topological polar surface area (TPSA) is 237 Å². The van der Waals surface area contributed by atoms with E-state index < -0.39 is 97.5 Å². The maximum Gasteiger partial charge on any atom is 0.472 e. The maximum absolute atomic E-state index is 13.1. The molecule has 93 heavy (non-hydrogen) atoms. The number of carbonyl (C=O) groups excluding carboxylic acids is 4. The molecule has 3 N–H and O–H groups in total. The Balaban J connectivity index is 5.14. The van der Waals surface area contributed by atoms with E-state index in [-0.39, 0.29) is 25.7 Å². The summed E-state index contributed by atoms with van der Waals surface area (Å²) in [5.74, 6) is -1.34. The molecule has 0 aromatic heterocycles. The fourth-order valence-corrected chi connectivity index (χ4v) is 12.9. The molecular weight excluding hydrogens is 1220 g/mol. The monoisotopic (exact) mass is 1370 g/mol. The highest BCUT2D eigenvalue weighted by molar-refractivity contribution is 7.47. The van der Waals surface area contributed by atoms with Crippen molar-refractivity contribution in [3.8, 4) is 0 Å². The van der Waals surface area contributed by atoms with E-state index in [1.165, 1.54) is 205 Å². The zero-order valence-electron chi connectivity index (χ0n) is 60.4. The van der Waals surface area contributed by atoms with Gasteiger partial charge in [-0.2, -0.15) is 0 Å². The Hall–Kier alpha value is -1.94. The molecule has 0 aromatic rings. The van der Waals surface area contributed by atoms with Crippen molar-refractivity contribution in [2.45, 2.75) is 406 Å². The van der Waals surface area contributed by atoms with Gasteiger partial charge in [0.15, 0.2) is 12.2 Å². The Morgan fingerprint density at radius 3 is 0.763 bits per heavy atom. The Kier molecular flexibility index (Phi) is 65.9. The van der Waals surface area contributed by atoms with Crippen LogP contribution in [0.3, 0.4) is 0 Å². The van der Waals surface area contributed by atoms with Crippen LogP contribution in [-0.2, 0) is 65.4 Å². The van der Waals surface area contributed by atoms with Crippen molar-refractivity contribution in [1.82, 2.24) is 0 Å². The van der Waals surface area contributed by atoms with Crippen molar-refractivity contribution >= 4 is 39.5 Å². The molecule has 0 heterocycles. The summed E-state index contributed by atoms with van der Waals surface area (Å²) >= 11 is 0. The minimum Gasteiger partial charge on any atom is -0.462 e. The van der Waals surface area contributed by atoms with Gasteiger partial charge in [-0.3, -0.25) is 37.3 Å². The Bertz CT molecular complexity index is 1790. The molecule has 552 valence electrons. The molecular formula is C74H144O17P2. The summed E-state index contributed by atoms with van der Waals surface area (Å²) in [6, 6.07) is 0. The summed E-state index contributed by atoms with van der Waals surface area (Å²) in [6.45, 7) is 7.24. The Morgan fingerprint density at radius 1 is 0.301 bits per heavy atom. The molecule has 0 aliphatic heterocycles. The smallest absolute Gasteiger partial charge is 0.462 e. The van der Waals surface area contributed by atoms with E-state index in [0.29, 0.717) is 25.7 Å². The summed E-state index contributed by atoms with van der Waals surface area (Å²) in [5, 5.41) is 10.6. The third-order valence-corrected chi connectivity index (χ3v) is 19.5. The van der Waals surface area contributed by atoms with Gasteiger partial charge < -0.3 is 33.8 Å². The molecule has 0 saturated carbocycles. The number of phosphoric ester groups is 2. The Morgan fingerprint density at radius 2 is 0.516 bits per heavy atom. The fraction of sp³-hybridized carbons (Fsp3) is 0.946. The lowest BCUT2D eigenvalue weighted by molar-refractivity contribution is -0.161. The number of esters is 4. The van der Waals surface area contributed by atoms with Crippen molar-refractivity contribution in [3.63, 3.8) is 0 Å². The highest BCUT2D eigenvalue weighted by atomic mass is 31.2. The lowest BCUT2D eigenvalue weighted by Crippen LogP contribution is -2.30. The molecule has 0 rings (SSSR count). The molecule has 0 aliphatic rings. The molecule has 0 bridgehead atoms. The molecule has 6 atom stereocenters. The van der Waals surface area contributed by atoms with Gasteiger partial charge in [-0.25, -0.2) is 9.13 Å². The third-order valence-electron chi connectivity index (χ3n) is 17.6. The first-order valence-electron chi connectivity index (χ1n) is 38.7. The number of aliphatic hydroxyl groups is 1. The van der Waals surface area contributed by atoms with Gasteiger partial charge in [-0.1, -0.05) is 336 Å². The SMILES string of the molecule is CCCCCCCCCCCCCCCCCCCCCCCCC(=O)O[C@H](COC(=O)CCCCCCCCCCC(C)CC)COP(=O)(O)OC[C@@H](O)COP(=O)(O)OC[C@@H](COC(=O)CCCCCCCCCC)OC(=O)CCCCCCCCCCCCC. The molecule has 0 spiro atoms. The summed E-state index contributed by atoms with van der Waals surface area (Å²) in [6.07, 6.45) is 55.7. The molecule has 17 nitrogen and oxygen atoms in total. The van der Waals surface area contributed by atoms with E-state index in [1.807, 2.05) is 0 Å². The predicted molar refractivity (Wildman–Crippen MR) is 377 cm³/mol. The lowest BCUT2D eigenvalue weighted by Gasteiger charge is -2.21. The second-order valence-corrected chi connectivity index (χ2v) is 29.8. The summed E-state index contributed by atoms with van der Waals surface area (Å²) in [4.78, 5) is 72.6. The zero-order chi connectivity index (χ0) is 68.4. The number of carbonyl (C=O) groups is 4. The minimum atomic E-state index is -4.95. The van der Waals surface area contributed by atoms with Crippen molar-refractivity contribution in [1.29, 1.82) is 0 Å². The second-order valence-electron chi connectivity index (χ2n) is 26.9. The van der Waals surface area contributed by atoms with E-state index in [9.17, 15) is 43.2 Å². The van der Waals surface area contributed by atoms with Crippen molar-refractivity contribution in [2.24, 2.45) is 5.92 Å². The van der Waals surface area contributed by atoms with Crippen molar-refractivity contribution < 1.29 is 80.2 Å². The van der Waals surface area contributed by atoms with Gasteiger partial charge in [0.25, 0.3) is 0 Å². The zero-order valence-corrected chi connectivity index (χ0v) is 62.2. The van der Waals surface area contributed by atoms with Crippen molar-refractivity contribution in [2.75, 3.05) is 39.6 Å². The maximum atomic E-state index is 13.1. The van der Waals surface area contributed by atoms with Crippen LogP contribution in [-0.4, -0.2) is 96.7 Å². The summed E-state index contributed by atoms with van der Waals surface area (Å²) < 4.78 is 68.3. The average Bonchev–Trinajstić information content (AvgIpc) is 2.90. The number of unbranched alkanes of at least 4 members (excludes halogenated alkanes) is 45. The van der Waals surface area contributed by atoms with Crippen LogP contribution in [0.2, 0.25) is 0 Å². The average molecular weight is 1370 g/mol. The van der Waals surface area contributed by atoms with Gasteiger partial charge in [-0.15, -0.1) is 0 Å². The van der Waals surface area contributed by atoms with Crippen LogP contribution in [0.15, 0.2) is 0 Å². The highest BCUT2D eigenvalue weighted by Crippen LogP contribution is 2.45. The number of phosphoric acid groups is 2. The van der Waals surface area contributed by atoms with Crippen LogP contribution < -0.4 is 0 Å². The first-order valence-corrected chi connectivity index (χ1v) is 41.7. The fourth-order valence-electron chi connectivity index (χ4n) is 11.3. The standard InChI is InChI=1S/C74H144O17P2/c1-6-10-13-16-19-22-24-25-26-27-28-29-30-31-32-33-34-36-38-45-50-55-60-74(79)91-70(64-85-72(77)58-53-48-43-40-39-41-46-51-56-67(5)9-4)66-89-93(82,83)87-62-68(75)61-86-92(80,81)88-65-69(63-84-71(76)57-52-47-42-21-18-15-12-8-3)90-73(78)59-54-49-44-37-35-23-20-17-14-11-7-2/h67-70,75H,6-66H2,1-5H3,(H,80,81)(H,82,83)/t67?,68-,69+,70+/m0/s1. The van der Waals surface area contributed by atoms with Crippen LogP contribution in [0.1, 0.15) is 388 Å². The summed E-state index contributed by atoms with van der Waals surface area (Å²) in [5.41, 5.74) is 0. The van der Waals surface area contributed by atoms with Gasteiger partial charge in [0.05, 0.1) is 26.4 Å². The third kappa shape index (κ3) is 67.0. The van der Waals surface area contributed by atoms with Crippen LogP contribution in [0, 0.1) is 5.92 Å². The number of hydrogen-bond acceptors (Lipinski definition) is 15. The van der Waals surface area contributed by atoms with Gasteiger partial charge >= 0.3 is 39.5 Å². The lowest BCUT2D eigenvalue weighted by atomic mass is 9.99. The summed E-state index contributed by atoms with van der Waals surface area (Å²) in [7, 11) is -9.90. The van der Waals surface area contributed by atoms with E-state index in [1.54, 1.807) is 0 Å². The molecule has 0 radical (unpaired) electrons. The van der Waals surface area contributed by atoms with Crippen LogP contribution in [0.5, 0.6) is 0 Å². The van der Waals surface area contributed by atoms with Crippen LogP contribution in [0.4, 0.5) is 0 Å². The molecule has 0 aromatic carbocycles. The number of aliphatic hydroxyl groups excluding tert-OH is 1. The minimum absolute atomic E-state index is 0.107. The van der Waals surface area contributed by atoms with Crippen molar-refractivity contribution in [3.05, 3.63) is 0 Å². The molecule has 0 aliphatic carbocycles. The molecule has 19 heteroatoms. The van der Waals surface area contributed by atoms with E-state index >= 15 is 0 Å². The first kappa shape index (κ1) is 91.1. The van der Waals surface area contributed by atoms with Gasteiger partial charge in [0, 0.05) is 25.7 Å². The van der Waals surface area contributed by atoms with Crippen LogP contribution in [0.25, 0.3) is 0 Å². The van der Waals surface area contributed by atoms with E-state index in [4.69, 9.17) is 37.0 Å². The number of rotatable bonds is 74. The van der Waals surface area contributed by atoms with E-state index in [2.05, 4.69) is 34.6 Å². The molecule has 0 amide bonds. The van der Waals surface area contributed by atoms with Gasteiger partial charge in [0.2, 0.25) is 0 Å². The second kappa shape index (κ2) is 67.3. The predicted octanol–water partition coefficient (Wildman–Crippen LogP) is 21.7. The quantitative estimate of drug-likeness (QED) is 0.0222. The largest absolute Gasteiger partial charge is 0.472 e. The normalized spacial score (nSPS) is 14.3. The molecule has 3 unspecified atom stereocenters. The van der Waals surface area contributed by atoms with Gasteiger partial charge in [0.1, 0.15) is 19.3 Å². The van der Waals surface area contributed by atoms with Crippen LogP contribution >= 0.6 is 15.6 Å². The van der Waals surface area contributed by atoms with E-state index in [0.717, 1.165) is 102 Å². The number of hydrogen-bond donors (Lipinski definition) is 3. The Labute approximate surface area is 568 Å². The molecule has 0 fully saturated rings. The van der Waals surface area contributed by atoms with Gasteiger partial charge in [-0.05, 0) is 31.6 Å². The highest BCUT2D eigenvalue weighted by Gasteiger charge is 2.30. The molecule has 0 saturated heterocycles. The first-order chi connectivity index (χ1) is 45.1. The number of ether oxygens (including phenoxy) is 4.